The Bertz CT molecular complexity index is 172. The standard InChI is InChI=1S/C7H12F3NO2/c8-7(9,10)4-11-3-1-2-5(11)6(12)13/h5-6,12-13H,1-4H2. The Morgan fingerprint density at radius 1 is 1.38 bits per heavy atom. The minimum Gasteiger partial charge on any atom is -0.367 e. The van der Waals surface area contributed by atoms with Gasteiger partial charge in [0.05, 0.1) is 12.6 Å². The minimum absolute atomic E-state index is 0.280. The second-order valence-electron chi connectivity index (χ2n) is 3.21. The van der Waals surface area contributed by atoms with Crippen LogP contribution in [-0.2, 0) is 0 Å². The molecule has 0 amide bonds. The zero-order valence-corrected chi connectivity index (χ0v) is 6.96. The number of hydrogen-bond acceptors (Lipinski definition) is 3. The second kappa shape index (κ2) is 3.81. The molecular formula is C7H12F3NO2. The predicted octanol–water partition coefficient (Wildman–Crippen LogP) is 0.324. The minimum atomic E-state index is -4.27. The van der Waals surface area contributed by atoms with E-state index in [4.69, 9.17) is 10.2 Å². The van der Waals surface area contributed by atoms with Crippen molar-refractivity contribution >= 4 is 0 Å². The van der Waals surface area contributed by atoms with Gasteiger partial charge >= 0.3 is 6.18 Å². The van der Waals surface area contributed by atoms with Crippen molar-refractivity contribution in [2.75, 3.05) is 13.1 Å². The van der Waals surface area contributed by atoms with E-state index in [0.717, 1.165) is 4.90 Å². The molecule has 3 nitrogen and oxygen atoms in total. The molecule has 0 aromatic heterocycles. The molecule has 1 aliphatic heterocycles. The molecule has 0 aromatic carbocycles. The summed E-state index contributed by atoms with van der Waals surface area (Å²) in [4.78, 5) is 1.06. The fraction of sp³-hybridized carbons (Fsp3) is 1.00. The van der Waals surface area contributed by atoms with Crippen molar-refractivity contribution in [3.05, 3.63) is 0 Å². The van der Waals surface area contributed by atoms with Crippen LogP contribution in [0.5, 0.6) is 0 Å². The van der Waals surface area contributed by atoms with E-state index in [1.807, 2.05) is 0 Å². The molecule has 13 heavy (non-hydrogen) atoms. The van der Waals surface area contributed by atoms with Gasteiger partial charge in [0.2, 0.25) is 0 Å². The summed E-state index contributed by atoms with van der Waals surface area (Å²) in [6, 6.07) is -0.762. The Hall–Kier alpha value is -0.330. The van der Waals surface area contributed by atoms with Crippen LogP contribution in [0.2, 0.25) is 0 Å². The van der Waals surface area contributed by atoms with Crippen molar-refractivity contribution in [3.8, 4) is 0 Å². The Morgan fingerprint density at radius 2 is 2.00 bits per heavy atom. The first kappa shape index (κ1) is 10.7. The number of hydrogen-bond donors (Lipinski definition) is 2. The highest BCUT2D eigenvalue weighted by Gasteiger charge is 2.38. The topological polar surface area (TPSA) is 43.7 Å². The van der Waals surface area contributed by atoms with Crippen molar-refractivity contribution in [1.82, 2.24) is 4.90 Å². The fourth-order valence-corrected chi connectivity index (χ4v) is 1.62. The summed E-state index contributed by atoms with van der Waals surface area (Å²) in [5.74, 6) is 0. The summed E-state index contributed by atoms with van der Waals surface area (Å²) < 4.78 is 35.8. The van der Waals surface area contributed by atoms with Crippen LogP contribution < -0.4 is 0 Å². The highest BCUT2D eigenvalue weighted by Crippen LogP contribution is 2.25. The van der Waals surface area contributed by atoms with Gasteiger partial charge in [0.15, 0.2) is 6.29 Å². The molecule has 6 heteroatoms. The molecule has 1 aliphatic rings. The summed E-state index contributed by atoms with van der Waals surface area (Å²) >= 11 is 0. The zero-order chi connectivity index (χ0) is 10.1. The number of rotatable bonds is 2. The molecule has 0 spiro atoms. The molecule has 1 atom stereocenters. The maximum Gasteiger partial charge on any atom is 0.401 e. The van der Waals surface area contributed by atoms with Gasteiger partial charge in [0, 0.05) is 0 Å². The quantitative estimate of drug-likeness (QED) is 0.629. The molecule has 1 rings (SSSR count). The zero-order valence-electron chi connectivity index (χ0n) is 6.96. The van der Waals surface area contributed by atoms with Gasteiger partial charge in [-0.2, -0.15) is 13.2 Å². The van der Waals surface area contributed by atoms with E-state index in [0.29, 0.717) is 12.8 Å². The van der Waals surface area contributed by atoms with E-state index in [1.165, 1.54) is 0 Å². The lowest BCUT2D eigenvalue weighted by Gasteiger charge is -2.26. The summed E-state index contributed by atoms with van der Waals surface area (Å²) in [6.07, 6.45) is -4.95. The molecule has 0 saturated carbocycles. The number of halogens is 3. The first-order chi connectivity index (χ1) is 5.90. The monoisotopic (exact) mass is 199 g/mol. The van der Waals surface area contributed by atoms with E-state index < -0.39 is 25.1 Å². The van der Waals surface area contributed by atoms with Gasteiger partial charge in [-0.1, -0.05) is 0 Å². The first-order valence-electron chi connectivity index (χ1n) is 4.07. The van der Waals surface area contributed by atoms with Crippen LogP contribution in [0.4, 0.5) is 13.2 Å². The lowest BCUT2D eigenvalue weighted by atomic mass is 10.2. The van der Waals surface area contributed by atoms with Crippen molar-refractivity contribution in [3.63, 3.8) is 0 Å². The average Bonchev–Trinajstić information content (AvgIpc) is 2.31. The fourth-order valence-electron chi connectivity index (χ4n) is 1.62. The van der Waals surface area contributed by atoms with Crippen LogP contribution in [0, 0.1) is 0 Å². The molecule has 1 fully saturated rings. The smallest absolute Gasteiger partial charge is 0.367 e. The lowest BCUT2D eigenvalue weighted by Crippen LogP contribution is -2.43. The van der Waals surface area contributed by atoms with Crippen LogP contribution >= 0.6 is 0 Å². The predicted molar refractivity (Wildman–Crippen MR) is 38.9 cm³/mol. The SMILES string of the molecule is OC(O)C1CCCN1CC(F)(F)F. The van der Waals surface area contributed by atoms with Crippen molar-refractivity contribution in [1.29, 1.82) is 0 Å². The molecule has 0 radical (unpaired) electrons. The average molecular weight is 199 g/mol. The number of likely N-dealkylation sites (tertiary alicyclic amines) is 1. The second-order valence-corrected chi connectivity index (χ2v) is 3.21. The van der Waals surface area contributed by atoms with Crippen LogP contribution in [-0.4, -0.2) is 46.7 Å². The molecule has 0 bridgehead atoms. The van der Waals surface area contributed by atoms with Crippen LogP contribution in [0.1, 0.15) is 12.8 Å². The Kier molecular flexibility index (Phi) is 3.15. The molecule has 0 aromatic rings. The lowest BCUT2D eigenvalue weighted by molar-refractivity contribution is -0.164. The summed E-state index contributed by atoms with van der Waals surface area (Å²) in [5.41, 5.74) is 0. The van der Waals surface area contributed by atoms with Gasteiger partial charge in [-0.05, 0) is 19.4 Å². The van der Waals surface area contributed by atoms with Crippen LogP contribution in [0.15, 0.2) is 0 Å². The van der Waals surface area contributed by atoms with Gasteiger partial charge in [-0.15, -0.1) is 0 Å². The molecule has 0 aliphatic carbocycles. The van der Waals surface area contributed by atoms with Gasteiger partial charge < -0.3 is 10.2 Å². The molecule has 1 unspecified atom stereocenters. The highest BCUT2D eigenvalue weighted by molar-refractivity contribution is 4.81. The molecule has 1 heterocycles. The van der Waals surface area contributed by atoms with E-state index >= 15 is 0 Å². The van der Waals surface area contributed by atoms with Gasteiger partial charge in [0.1, 0.15) is 0 Å². The molecule has 78 valence electrons. The molecule has 2 N–H and O–H groups in total. The van der Waals surface area contributed by atoms with E-state index in [-0.39, 0.29) is 6.54 Å². The van der Waals surface area contributed by atoms with Crippen molar-refractivity contribution in [2.24, 2.45) is 0 Å². The van der Waals surface area contributed by atoms with Crippen LogP contribution in [0.25, 0.3) is 0 Å². The first-order valence-corrected chi connectivity index (χ1v) is 4.07. The van der Waals surface area contributed by atoms with Gasteiger partial charge in [-0.3, -0.25) is 4.90 Å². The summed E-state index contributed by atoms with van der Waals surface area (Å²) in [7, 11) is 0. The third-order valence-electron chi connectivity index (χ3n) is 2.14. The molecule has 1 saturated heterocycles. The van der Waals surface area contributed by atoms with Crippen molar-refractivity contribution < 1.29 is 23.4 Å². The van der Waals surface area contributed by atoms with E-state index in [2.05, 4.69) is 0 Å². The van der Waals surface area contributed by atoms with Gasteiger partial charge in [-0.25, -0.2) is 0 Å². The highest BCUT2D eigenvalue weighted by atomic mass is 19.4. The summed E-state index contributed by atoms with van der Waals surface area (Å²) in [5, 5.41) is 17.5. The molecular weight excluding hydrogens is 187 g/mol. The van der Waals surface area contributed by atoms with Crippen molar-refractivity contribution in [2.45, 2.75) is 31.3 Å². The maximum absolute atomic E-state index is 11.9. The van der Waals surface area contributed by atoms with Gasteiger partial charge in [0.25, 0.3) is 0 Å². The number of aliphatic hydroxyl groups excluding tert-OH is 1. The van der Waals surface area contributed by atoms with E-state index in [9.17, 15) is 13.2 Å². The largest absolute Gasteiger partial charge is 0.401 e. The van der Waals surface area contributed by atoms with E-state index in [1.54, 1.807) is 0 Å². The Balaban J connectivity index is 2.49. The maximum atomic E-state index is 11.9. The third kappa shape index (κ3) is 3.13. The normalized spacial score (nSPS) is 25.8. The van der Waals surface area contributed by atoms with Crippen LogP contribution in [0.3, 0.4) is 0 Å². The Labute approximate surface area is 73.8 Å². The number of nitrogens with zero attached hydrogens (tertiary/aromatic N) is 1. The summed E-state index contributed by atoms with van der Waals surface area (Å²) in [6.45, 7) is -0.781. The number of aliphatic hydroxyl groups is 2. The third-order valence-corrected chi connectivity index (χ3v) is 2.14. The Morgan fingerprint density at radius 3 is 2.46 bits per heavy atom. The number of alkyl halides is 3.